The van der Waals surface area contributed by atoms with Crippen molar-refractivity contribution in [3.8, 4) is 6.07 Å². The van der Waals surface area contributed by atoms with Crippen LogP contribution in [0, 0.1) is 38.0 Å². The molecule has 1 heterocycles. The largest absolute Gasteiger partial charge is 0.387 e. The molecule has 2 N–H and O–H groups in total. The number of aliphatic hydroxyl groups excluding tert-OH is 1. The fourth-order valence-corrected chi connectivity index (χ4v) is 3.28. The first-order valence-electron chi connectivity index (χ1n) is 9.54. The number of aliphatic hydroxyl groups is 1. The van der Waals surface area contributed by atoms with E-state index in [1.807, 2.05) is 57.2 Å². The Morgan fingerprint density at radius 2 is 1.96 bits per heavy atom. The Morgan fingerprint density at radius 1 is 1.29 bits per heavy atom. The second-order valence-electron chi connectivity index (χ2n) is 7.58. The monoisotopic (exact) mass is 379 g/mol. The molecule has 2 rings (SSSR count). The van der Waals surface area contributed by atoms with Crippen LogP contribution in [-0.2, 0) is 11.3 Å². The minimum atomic E-state index is -0.818. The Labute approximate surface area is 167 Å². The third kappa shape index (κ3) is 5.11. The van der Waals surface area contributed by atoms with E-state index in [0.29, 0.717) is 5.92 Å². The van der Waals surface area contributed by atoms with Crippen LogP contribution < -0.4 is 5.32 Å². The van der Waals surface area contributed by atoms with Crippen molar-refractivity contribution in [2.75, 3.05) is 6.54 Å². The summed E-state index contributed by atoms with van der Waals surface area (Å²) in [6.07, 6.45) is 0.801. The molecule has 0 aliphatic rings. The molecule has 2 aromatic rings. The van der Waals surface area contributed by atoms with E-state index in [1.54, 1.807) is 6.08 Å². The molecular formula is C23H29N3O2. The average molecular weight is 380 g/mol. The van der Waals surface area contributed by atoms with Crippen LogP contribution in [0.15, 0.2) is 35.9 Å². The van der Waals surface area contributed by atoms with E-state index in [1.165, 1.54) is 0 Å². The molecular weight excluding hydrogens is 350 g/mol. The maximum atomic E-state index is 12.5. The van der Waals surface area contributed by atoms with E-state index < -0.39 is 12.0 Å². The minimum Gasteiger partial charge on any atom is -0.387 e. The van der Waals surface area contributed by atoms with Crippen LogP contribution in [0.3, 0.4) is 0 Å². The molecule has 0 saturated carbocycles. The molecule has 1 aromatic heterocycles. The average Bonchev–Trinajstić information content (AvgIpc) is 2.91. The molecule has 5 heteroatoms. The summed E-state index contributed by atoms with van der Waals surface area (Å²) in [5.41, 5.74) is 4.75. The van der Waals surface area contributed by atoms with E-state index in [0.717, 1.165) is 34.6 Å². The van der Waals surface area contributed by atoms with Crippen LogP contribution in [0.1, 0.15) is 48.0 Å². The maximum absolute atomic E-state index is 12.5. The summed E-state index contributed by atoms with van der Waals surface area (Å²) in [6.45, 7) is 11.2. The van der Waals surface area contributed by atoms with Gasteiger partial charge >= 0.3 is 0 Å². The van der Waals surface area contributed by atoms with Crippen molar-refractivity contribution in [3.63, 3.8) is 0 Å². The van der Waals surface area contributed by atoms with Crippen LogP contribution in [0.4, 0.5) is 0 Å². The number of nitriles is 1. The molecule has 1 unspecified atom stereocenters. The third-order valence-electron chi connectivity index (χ3n) is 4.83. The van der Waals surface area contributed by atoms with Crippen molar-refractivity contribution < 1.29 is 9.90 Å². The minimum absolute atomic E-state index is 0.0294. The molecule has 148 valence electrons. The summed E-state index contributed by atoms with van der Waals surface area (Å²) in [5.74, 6) is 0.0205. The van der Waals surface area contributed by atoms with Gasteiger partial charge in [-0.25, -0.2) is 0 Å². The van der Waals surface area contributed by atoms with Gasteiger partial charge in [-0.3, -0.25) is 4.79 Å². The summed E-state index contributed by atoms with van der Waals surface area (Å²) in [5, 5.41) is 22.5. The molecule has 1 amide bonds. The Kier molecular flexibility index (Phi) is 7.19. The lowest BCUT2D eigenvalue weighted by molar-refractivity contribution is -0.117. The van der Waals surface area contributed by atoms with Crippen molar-refractivity contribution in [3.05, 3.63) is 64.0 Å². The molecule has 1 atom stereocenters. The lowest BCUT2D eigenvalue weighted by atomic mass is 10.0. The molecule has 0 saturated heterocycles. The fourth-order valence-electron chi connectivity index (χ4n) is 3.28. The number of hydrogen-bond donors (Lipinski definition) is 2. The van der Waals surface area contributed by atoms with Crippen LogP contribution in [0.2, 0.25) is 0 Å². The van der Waals surface area contributed by atoms with Crippen molar-refractivity contribution in [2.45, 2.75) is 47.3 Å². The highest BCUT2D eigenvalue weighted by Crippen LogP contribution is 2.20. The standard InChI is InChI=1S/C23H29N3O2/c1-15(2)14-26-17(4)10-19(18(26)5)11-20(12-24)23(28)25-13-22(27)21-9-7-6-8-16(21)3/h6-11,15,22,27H,13-14H2,1-5H3,(H,25,28)/b20-11-. The van der Waals surface area contributed by atoms with Crippen LogP contribution >= 0.6 is 0 Å². The summed E-state index contributed by atoms with van der Waals surface area (Å²) < 4.78 is 2.20. The number of benzene rings is 1. The lowest BCUT2D eigenvalue weighted by Crippen LogP contribution is -2.29. The van der Waals surface area contributed by atoms with E-state index in [-0.39, 0.29) is 12.1 Å². The summed E-state index contributed by atoms with van der Waals surface area (Å²) in [6, 6.07) is 11.5. The highest BCUT2D eigenvalue weighted by atomic mass is 16.3. The fraction of sp³-hybridized carbons (Fsp3) is 0.391. The molecule has 0 spiro atoms. The van der Waals surface area contributed by atoms with E-state index in [2.05, 4.69) is 23.7 Å². The van der Waals surface area contributed by atoms with Gasteiger partial charge in [-0.05, 0) is 55.5 Å². The van der Waals surface area contributed by atoms with Gasteiger partial charge in [0.05, 0.1) is 6.10 Å². The van der Waals surface area contributed by atoms with E-state index >= 15 is 0 Å². The van der Waals surface area contributed by atoms with Gasteiger partial charge in [-0.2, -0.15) is 5.26 Å². The van der Waals surface area contributed by atoms with Gasteiger partial charge in [0.2, 0.25) is 0 Å². The van der Waals surface area contributed by atoms with Gasteiger partial charge in [-0.1, -0.05) is 38.1 Å². The molecule has 0 fully saturated rings. The van der Waals surface area contributed by atoms with Crippen molar-refractivity contribution >= 4 is 12.0 Å². The lowest BCUT2D eigenvalue weighted by Gasteiger charge is -2.14. The zero-order valence-corrected chi connectivity index (χ0v) is 17.3. The Bertz CT molecular complexity index is 916. The Morgan fingerprint density at radius 3 is 2.57 bits per heavy atom. The molecule has 0 aliphatic heterocycles. The third-order valence-corrected chi connectivity index (χ3v) is 4.83. The van der Waals surface area contributed by atoms with Gasteiger partial charge < -0.3 is 15.0 Å². The number of carbonyl (C=O) groups excluding carboxylic acids is 1. The first-order valence-corrected chi connectivity index (χ1v) is 9.54. The second-order valence-corrected chi connectivity index (χ2v) is 7.58. The first-order chi connectivity index (χ1) is 13.2. The summed E-state index contributed by atoms with van der Waals surface area (Å²) in [4.78, 5) is 12.5. The summed E-state index contributed by atoms with van der Waals surface area (Å²) >= 11 is 0. The zero-order valence-electron chi connectivity index (χ0n) is 17.3. The number of hydrogen-bond acceptors (Lipinski definition) is 3. The SMILES string of the molecule is Cc1ccccc1C(O)CNC(=O)/C(C#N)=C\c1cc(C)n(CC(C)C)c1C. The van der Waals surface area contributed by atoms with E-state index in [9.17, 15) is 15.2 Å². The smallest absolute Gasteiger partial charge is 0.262 e. The zero-order chi connectivity index (χ0) is 20.8. The number of carbonyl (C=O) groups is 1. The van der Waals surface area contributed by atoms with Gasteiger partial charge in [0.25, 0.3) is 5.91 Å². The number of rotatable bonds is 7. The number of amides is 1. The molecule has 0 aliphatic carbocycles. The second kappa shape index (κ2) is 9.38. The number of nitrogens with one attached hydrogen (secondary N) is 1. The van der Waals surface area contributed by atoms with Gasteiger partial charge in [0.1, 0.15) is 11.6 Å². The van der Waals surface area contributed by atoms with Gasteiger partial charge in [0.15, 0.2) is 0 Å². The Balaban J connectivity index is 2.14. The number of aromatic nitrogens is 1. The molecule has 5 nitrogen and oxygen atoms in total. The molecule has 28 heavy (non-hydrogen) atoms. The van der Waals surface area contributed by atoms with Crippen molar-refractivity contribution in [2.24, 2.45) is 5.92 Å². The van der Waals surface area contributed by atoms with Crippen molar-refractivity contribution in [1.82, 2.24) is 9.88 Å². The number of nitrogens with zero attached hydrogens (tertiary/aromatic N) is 2. The predicted octanol–water partition coefficient (Wildman–Crippen LogP) is 3.83. The molecule has 1 aromatic carbocycles. The highest BCUT2D eigenvalue weighted by molar-refractivity contribution is 6.01. The van der Waals surface area contributed by atoms with Gasteiger partial charge in [0, 0.05) is 24.5 Å². The van der Waals surface area contributed by atoms with Gasteiger partial charge in [-0.15, -0.1) is 0 Å². The van der Waals surface area contributed by atoms with Crippen LogP contribution in [0.5, 0.6) is 0 Å². The predicted molar refractivity (Wildman–Crippen MR) is 111 cm³/mol. The number of aryl methyl sites for hydroxylation is 2. The Hall–Kier alpha value is -2.84. The normalized spacial score (nSPS) is 12.7. The van der Waals surface area contributed by atoms with Crippen molar-refractivity contribution in [1.29, 1.82) is 5.26 Å². The highest BCUT2D eigenvalue weighted by Gasteiger charge is 2.16. The first kappa shape index (κ1) is 21.5. The maximum Gasteiger partial charge on any atom is 0.262 e. The molecule has 0 radical (unpaired) electrons. The quantitative estimate of drug-likeness (QED) is 0.567. The van der Waals surface area contributed by atoms with Crippen LogP contribution in [-0.4, -0.2) is 22.1 Å². The molecule has 0 bridgehead atoms. The topological polar surface area (TPSA) is 78.1 Å². The van der Waals surface area contributed by atoms with Crippen LogP contribution in [0.25, 0.3) is 6.08 Å². The summed E-state index contributed by atoms with van der Waals surface area (Å²) in [7, 11) is 0. The van der Waals surface area contributed by atoms with E-state index in [4.69, 9.17) is 0 Å².